The van der Waals surface area contributed by atoms with E-state index < -0.39 is 23.6 Å². The van der Waals surface area contributed by atoms with Gasteiger partial charge in [0.2, 0.25) is 0 Å². The zero-order valence-electron chi connectivity index (χ0n) is 13.4. The number of hydrogen-bond acceptors (Lipinski definition) is 6. The lowest BCUT2D eigenvalue weighted by atomic mass is 10.1. The maximum Gasteiger partial charge on any atom is 0.325 e. The summed E-state index contributed by atoms with van der Waals surface area (Å²) >= 11 is 0. The summed E-state index contributed by atoms with van der Waals surface area (Å²) in [6.45, 7) is 0.605. The Balaban J connectivity index is 0.00000338. The van der Waals surface area contributed by atoms with Crippen molar-refractivity contribution in [3.8, 4) is 0 Å². The number of benzene rings is 1. The smallest absolute Gasteiger partial charge is 0.324 e. The molecule has 0 fully saturated rings. The number of hydrogen-bond donors (Lipinski definition) is 5. The van der Waals surface area contributed by atoms with Crippen LogP contribution in [-0.2, 0) is 11.1 Å². The highest BCUT2D eigenvalue weighted by Gasteiger charge is 2.14. The van der Waals surface area contributed by atoms with E-state index in [2.05, 4.69) is 15.3 Å². The minimum absolute atomic E-state index is 0. The van der Waals surface area contributed by atoms with Crippen LogP contribution in [-0.4, -0.2) is 37.4 Å². The second-order valence-electron chi connectivity index (χ2n) is 5.46. The van der Waals surface area contributed by atoms with Gasteiger partial charge >= 0.3 is 18.7 Å². The Hall–Kier alpha value is -1.85. The van der Waals surface area contributed by atoms with Gasteiger partial charge in [-0.1, -0.05) is 0 Å². The van der Waals surface area contributed by atoms with Gasteiger partial charge in [-0.05, 0) is 24.9 Å². The summed E-state index contributed by atoms with van der Waals surface area (Å²) < 4.78 is 10.7. The van der Waals surface area contributed by atoms with E-state index in [9.17, 15) is 24.3 Å². The number of nitro groups is 1. The zero-order valence-corrected chi connectivity index (χ0v) is 16.0. The van der Waals surface area contributed by atoms with Crippen molar-refractivity contribution in [2.24, 2.45) is 0 Å². The number of H-pyrrole nitrogens is 2. The third-order valence-corrected chi connectivity index (χ3v) is 4.38. The van der Waals surface area contributed by atoms with Crippen LogP contribution in [0, 0.1) is 10.1 Å². The summed E-state index contributed by atoms with van der Waals surface area (Å²) in [5.74, 6) is 0. The fourth-order valence-corrected chi connectivity index (χ4v) is 2.95. The average molecular weight is 453 g/mol. The molecule has 2 rings (SSSR count). The lowest BCUT2D eigenvalue weighted by molar-refractivity contribution is -0.384. The molecule has 1 heterocycles. The van der Waals surface area contributed by atoms with Gasteiger partial charge in [-0.2, -0.15) is 0 Å². The molecule has 0 atom stereocenters. The van der Waals surface area contributed by atoms with Gasteiger partial charge in [-0.3, -0.25) is 24.3 Å². The third kappa shape index (κ3) is 6.15. The molecule has 1 aromatic carbocycles. The Morgan fingerprint density at radius 1 is 1.15 bits per heavy atom. The van der Waals surface area contributed by atoms with Crippen LogP contribution in [0.5, 0.6) is 0 Å². The summed E-state index contributed by atoms with van der Waals surface area (Å²) in [6.07, 6.45) is 0.630. The quantitative estimate of drug-likeness (QED) is 0.128. The molecule has 0 aliphatic rings. The minimum Gasteiger partial charge on any atom is -0.324 e. The van der Waals surface area contributed by atoms with E-state index in [1.54, 1.807) is 0 Å². The molecule has 0 bridgehead atoms. The molecular formula is C13H18BrN4O7P. The van der Waals surface area contributed by atoms with Gasteiger partial charge in [0.15, 0.2) is 0 Å². The summed E-state index contributed by atoms with van der Waals surface area (Å²) in [7, 11) is -4.01. The van der Waals surface area contributed by atoms with Crippen LogP contribution in [0.25, 0.3) is 11.0 Å². The van der Waals surface area contributed by atoms with E-state index in [4.69, 9.17) is 9.79 Å². The maximum absolute atomic E-state index is 11.5. The van der Waals surface area contributed by atoms with Crippen molar-refractivity contribution >= 4 is 41.3 Å². The molecule has 0 amide bonds. The first-order valence-corrected chi connectivity index (χ1v) is 9.16. The fourth-order valence-electron chi connectivity index (χ4n) is 2.32. The number of aromatic nitrogens is 2. The minimum atomic E-state index is -4.01. The highest BCUT2D eigenvalue weighted by atomic mass is 79.9. The van der Waals surface area contributed by atoms with Crippen LogP contribution in [0.15, 0.2) is 21.7 Å². The van der Waals surface area contributed by atoms with Gasteiger partial charge in [0.25, 0.3) is 5.69 Å². The van der Waals surface area contributed by atoms with E-state index in [1.807, 2.05) is 0 Å². The summed E-state index contributed by atoms with van der Waals surface area (Å²) in [5, 5.41) is 14.0. The van der Waals surface area contributed by atoms with E-state index in [1.165, 1.54) is 6.07 Å². The number of nitro benzene ring substituents is 1. The molecule has 1 aromatic heterocycles. The van der Waals surface area contributed by atoms with Gasteiger partial charge in [0.1, 0.15) is 0 Å². The van der Waals surface area contributed by atoms with Crippen LogP contribution in [0.1, 0.15) is 18.4 Å². The lowest BCUT2D eigenvalue weighted by Crippen LogP contribution is -2.29. The molecule has 0 saturated heterocycles. The lowest BCUT2D eigenvalue weighted by Gasteiger charge is -2.08. The van der Waals surface area contributed by atoms with Crippen LogP contribution in [0.2, 0.25) is 0 Å². The van der Waals surface area contributed by atoms with Crippen molar-refractivity contribution < 1.29 is 19.3 Å². The number of halogens is 1. The van der Waals surface area contributed by atoms with Crippen LogP contribution in [0.3, 0.4) is 0 Å². The Labute approximate surface area is 156 Å². The van der Waals surface area contributed by atoms with Crippen LogP contribution >= 0.6 is 24.6 Å². The molecule has 0 aliphatic carbocycles. The van der Waals surface area contributed by atoms with E-state index in [-0.39, 0.29) is 46.4 Å². The van der Waals surface area contributed by atoms with Gasteiger partial charge in [-0.15, -0.1) is 17.0 Å². The molecule has 11 nitrogen and oxygen atoms in total. The molecule has 13 heteroatoms. The van der Waals surface area contributed by atoms with Crippen LogP contribution < -0.4 is 16.4 Å². The normalized spacial score (nSPS) is 11.3. The fraction of sp³-hybridized carbons (Fsp3) is 0.385. The monoisotopic (exact) mass is 452 g/mol. The van der Waals surface area contributed by atoms with E-state index in [0.717, 1.165) is 6.07 Å². The third-order valence-electron chi connectivity index (χ3n) is 3.48. The number of rotatable bonds is 8. The molecule has 144 valence electrons. The molecule has 2 aromatic rings. The van der Waals surface area contributed by atoms with Crippen molar-refractivity contribution in [1.82, 2.24) is 15.3 Å². The Bertz CT molecular complexity index is 952. The SMILES string of the molecule is Br.O=c1[nH]c2cc([N+](=O)[O-])cc(CNCCCCP(=O)(O)O)c2[nH]c1=O. The highest BCUT2D eigenvalue weighted by molar-refractivity contribution is 8.93. The summed E-state index contributed by atoms with van der Waals surface area (Å²) in [5.41, 5.74) is -1.12. The first-order chi connectivity index (χ1) is 11.7. The van der Waals surface area contributed by atoms with Crippen molar-refractivity contribution in [2.45, 2.75) is 19.4 Å². The maximum atomic E-state index is 11.5. The first-order valence-electron chi connectivity index (χ1n) is 7.36. The largest absolute Gasteiger partial charge is 0.325 e. The molecular weight excluding hydrogens is 435 g/mol. The van der Waals surface area contributed by atoms with Crippen molar-refractivity contribution in [3.63, 3.8) is 0 Å². The number of unbranched alkanes of at least 4 members (excludes halogenated alkanes) is 1. The molecule has 0 spiro atoms. The van der Waals surface area contributed by atoms with Crippen molar-refractivity contribution in [3.05, 3.63) is 48.5 Å². The van der Waals surface area contributed by atoms with Gasteiger partial charge < -0.3 is 25.1 Å². The molecule has 0 saturated carbocycles. The number of non-ortho nitro benzene ring substituents is 1. The van der Waals surface area contributed by atoms with Gasteiger partial charge in [0, 0.05) is 24.8 Å². The summed E-state index contributed by atoms with van der Waals surface area (Å²) in [4.78, 5) is 55.5. The second kappa shape index (κ2) is 9.19. The predicted octanol–water partition coefficient (Wildman–Crippen LogP) is 0.750. The number of nitrogens with zero attached hydrogens (tertiary/aromatic N) is 1. The molecule has 5 N–H and O–H groups in total. The molecule has 0 unspecified atom stereocenters. The Kier molecular flexibility index (Phi) is 7.85. The molecule has 0 radical (unpaired) electrons. The average Bonchev–Trinajstić information content (AvgIpc) is 2.50. The standard InChI is InChI=1S/C13H17N4O7P.BrH/c18-12-13(19)16-11-8(5-9(17(20)21)6-10(11)15-12)7-14-3-1-2-4-25(22,23)24;/h5-6,14H,1-4,7H2,(H,15,18)(H,16,19)(H2,22,23,24);1H. The summed E-state index contributed by atoms with van der Waals surface area (Å²) in [6, 6.07) is 2.45. The van der Waals surface area contributed by atoms with E-state index >= 15 is 0 Å². The number of aromatic amines is 2. The molecule has 0 aliphatic heterocycles. The first kappa shape index (κ1) is 22.2. The van der Waals surface area contributed by atoms with Gasteiger partial charge in [0.05, 0.1) is 16.0 Å². The topological polar surface area (TPSA) is 178 Å². The Morgan fingerprint density at radius 3 is 2.42 bits per heavy atom. The van der Waals surface area contributed by atoms with Crippen molar-refractivity contribution in [1.29, 1.82) is 0 Å². The van der Waals surface area contributed by atoms with Crippen LogP contribution in [0.4, 0.5) is 5.69 Å². The zero-order chi connectivity index (χ0) is 18.6. The second-order valence-corrected chi connectivity index (χ2v) is 7.24. The van der Waals surface area contributed by atoms with Gasteiger partial charge in [-0.25, -0.2) is 0 Å². The number of nitrogens with one attached hydrogen (secondary N) is 3. The predicted molar refractivity (Wildman–Crippen MR) is 100 cm³/mol. The van der Waals surface area contributed by atoms with E-state index in [0.29, 0.717) is 24.9 Å². The highest BCUT2D eigenvalue weighted by Crippen LogP contribution is 2.35. The van der Waals surface area contributed by atoms with Crippen molar-refractivity contribution in [2.75, 3.05) is 12.7 Å². The molecule has 26 heavy (non-hydrogen) atoms. The number of fused-ring (bicyclic) bond motifs is 1. The Morgan fingerprint density at radius 2 is 1.81 bits per heavy atom.